The predicted molar refractivity (Wildman–Crippen MR) is 40.3 cm³/mol. The first-order valence-corrected chi connectivity index (χ1v) is 3.88. The number of carbonyl (C=O) groups excluding carboxylic acids is 1. The van der Waals surface area contributed by atoms with Crippen LogP contribution in [0, 0.1) is 16.7 Å². The average molecular weight is 152 g/mol. The van der Waals surface area contributed by atoms with Crippen molar-refractivity contribution >= 4 is 5.91 Å². The molecule has 1 aliphatic rings. The maximum atomic E-state index is 10.6. The first-order valence-electron chi connectivity index (χ1n) is 3.88. The van der Waals surface area contributed by atoms with Crippen molar-refractivity contribution in [1.82, 2.24) is 0 Å². The summed E-state index contributed by atoms with van der Waals surface area (Å²) in [6.07, 6.45) is 4.03. The second-order valence-electron chi connectivity index (χ2n) is 3.24. The van der Waals surface area contributed by atoms with Gasteiger partial charge in [0.25, 0.3) is 0 Å². The molecule has 0 atom stereocenters. The number of rotatable bonds is 2. The van der Waals surface area contributed by atoms with Crippen LogP contribution in [-0.2, 0) is 4.79 Å². The van der Waals surface area contributed by atoms with Crippen LogP contribution in [-0.4, -0.2) is 5.91 Å². The van der Waals surface area contributed by atoms with E-state index in [9.17, 15) is 4.79 Å². The van der Waals surface area contributed by atoms with Gasteiger partial charge in [0.15, 0.2) is 0 Å². The summed E-state index contributed by atoms with van der Waals surface area (Å²) >= 11 is 0. The number of hydrogen-bond donors (Lipinski definition) is 1. The zero-order valence-electron chi connectivity index (χ0n) is 6.47. The Morgan fingerprint density at radius 1 is 1.55 bits per heavy atom. The Balaban J connectivity index is 2.61. The Morgan fingerprint density at radius 3 is 2.45 bits per heavy atom. The average Bonchev–Trinajstić information content (AvgIpc) is 2.36. The zero-order chi connectivity index (χ0) is 8.32. The summed E-state index contributed by atoms with van der Waals surface area (Å²) < 4.78 is 0. The number of nitriles is 1. The molecule has 1 aliphatic carbocycles. The summed E-state index contributed by atoms with van der Waals surface area (Å²) in [6, 6.07) is 2.21. The fourth-order valence-corrected chi connectivity index (χ4v) is 1.71. The summed E-state index contributed by atoms with van der Waals surface area (Å²) in [5, 5.41) is 8.81. The highest BCUT2D eigenvalue weighted by atomic mass is 16.1. The molecule has 1 fully saturated rings. The van der Waals surface area contributed by atoms with Crippen LogP contribution in [0.15, 0.2) is 0 Å². The van der Waals surface area contributed by atoms with Crippen LogP contribution in [0.4, 0.5) is 0 Å². The van der Waals surface area contributed by atoms with E-state index in [4.69, 9.17) is 11.0 Å². The molecule has 1 rings (SSSR count). The van der Waals surface area contributed by atoms with Crippen LogP contribution in [0.5, 0.6) is 0 Å². The van der Waals surface area contributed by atoms with Gasteiger partial charge in [-0.1, -0.05) is 12.8 Å². The lowest BCUT2D eigenvalue weighted by Gasteiger charge is -2.16. The van der Waals surface area contributed by atoms with Crippen molar-refractivity contribution in [3.63, 3.8) is 0 Å². The molecule has 0 spiro atoms. The van der Waals surface area contributed by atoms with Gasteiger partial charge in [-0.05, 0) is 12.8 Å². The van der Waals surface area contributed by atoms with Crippen LogP contribution in [0.3, 0.4) is 0 Å². The fraction of sp³-hybridized carbons (Fsp3) is 0.750. The molecule has 0 aromatic carbocycles. The van der Waals surface area contributed by atoms with E-state index in [0.717, 1.165) is 25.7 Å². The molecule has 0 bridgehead atoms. The molecule has 3 nitrogen and oxygen atoms in total. The second-order valence-corrected chi connectivity index (χ2v) is 3.24. The van der Waals surface area contributed by atoms with E-state index in [1.54, 1.807) is 0 Å². The normalized spacial score (nSPS) is 21.0. The van der Waals surface area contributed by atoms with E-state index in [1.807, 2.05) is 0 Å². The Kier molecular flexibility index (Phi) is 2.13. The Morgan fingerprint density at radius 2 is 2.09 bits per heavy atom. The van der Waals surface area contributed by atoms with Crippen molar-refractivity contribution in [3.05, 3.63) is 0 Å². The molecule has 0 unspecified atom stereocenters. The summed E-state index contributed by atoms with van der Waals surface area (Å²) in [5.41, 5.74) is 4.63. The van der Waals surface area contributed by atoms with Gasteiger partial charge in [-0.25, -0.2) is 0 Å². The summed E-state index contributed by atoms with van der Waals surface area (Å²) in [7, 11) is 0. The van der Waals surface area contributed by atoms with Crippen molar-refractivity contribution in [1.29, 1.82) is 5.26 Å². The molecule has 0 aromatic rings. The van der Waals surface area contributed by atoms with Crippen LogP contribution in [0.2, 0.25) is 0 Å². The highest BCUT2D eigenvalue weighted by Crippen LogP contribution is 2.39. The molecule has 1 amide bonds. The summed E-state index contributed by atoms with van der Waals surface area (Å²) in [4.78, 5) is 10.6. The molecule has 0 radical (unpaired) electrons. The number of nitrogens with zero attached hydrogens (tertiary/aromatic N) is 1. The number of primary amides is 1. The van der Waals surface area contributed by atoms with Gasteiger partial charge in [0.05, 0.1) is 11.5 Å². The van der Waals surface area contributed by atoms with Gasteiger partial charge in [-0.15, -0.1) is 0 Å². The first kappa shape index (κ1) is 8.06. The standard InChI is InChI=1S/C8H12N2O/c9-6-8(5-7(10)11)3-1-2-4-8/h1-5H2,(H2,10,11). The van der Waals surface area contributed by atoms with Crippen LogP contribution in [0.1, 0.15) is 32.1 Å². The summed E-state index contributed by atoms with van der Waals surface area (Å²) in [5.74, 6) is -0.353. The van der Waals surface area contributed by atoms with Crippen molar-refractivity contribution in [3.8, 4) is 6.07 Å². The third-order valence-corrected chi connectivity index (χ3v) is 2.31. The van der Waals surface area contributed by atoms with Crippen molar-refractivity contribution < 1.29 is 4.79 Å². The Bertz CT molecular complexity index is 199. The lowest BCUT2D eigenvalue weighted by molar-refractivity contribution is -0.119. The van der Waals surface area contributed by atoms with Crippen LogP contribution < -0.4 is 5.73 Å². The number of hydrogen-bond acceptors (Lipinski definition) is 2. The molecule has 0 aliphatic heterocycles. The number of nitrogens with two attached hydrogens (primary N) is 1. The predicted octanol–water partition coefficient (Wildman–Crippen LogP) is 0.946. The van der Waals surface area contributed by atoms with E-state index >= 15 is 0 Å². The number of carbonyl (C=O) groups is 1. The second kappa shape index (κ2) is 2.91. The van der Waals surface area contributed by atoms with Crippen molar-refractivity contribution in [2.45, 2.75) is 32.1 Å². The van der Waals surface area contributed by atoms with E-state index in [1.165, 1.54) is 0 Å². The summed E-state index contributed by atoms with van der Waals surface area (Å²) in [6.45, 7) is 0. The molecule has 0 saturated heterocycles. The highest BCUT2D eigenvalue weighted by Gasteiger charge is 2.35. The monoisotopic (exact) mass is 152 g/mol. The molecule has 2 N–H and O–H groups in total. The van der Waals surface area contributed by atoms with Gasteiger partial charge < -0.3 is 5.73 Å². The van der Waals surface area contributed by atoms with Gasteiger partial charge >= 0.3 is 0 Å². The van der Waals surface area contributed by atoms with Gasteiger partial charge in [0.2, 0.25) is 5.91 Å². The third kappa shape index (κ3) is 1.70. The van der Waals surface area contributed by atoms with E-state index in [2.05, 4.69) is 6.07 Å². The molecular formula is C8H12N2O. The molecular weight excluding hydrogens is 140 g/mol. The van der Waals surface area contributed by atoms with Gasteiger partial charge in [-0.3, -0.25) is 4.79 Å². The van der Waals surface area contributed by atoms with E-state index in [0.29, 0.717) is 0 Å². The smallest absolute Gasteiger partial charge is 0.219 e. The maximum absolute atomic E-state index is 10.6. The van der Waals surface area contributed by atoms with Gasteiger partial charge in [0.1, 0.15) is 0 Å². The largest absolute Gasteiger partial charge is 0.370 e. The minimum absolute atomic E-state index is 0.240. The van der Waals surface area contributed by atoms with Crippen molar-refractivity contribution in [2.24, 2.45) is 11.1 Å². The lowest BCUT2D eigenvalue weighted by Crippen LogP contribution is -2.23. The van der Waals surface area contributed by atoms with Gasteiger partial charge in [-0.2, -0.15) is 5.26 Å². The van der Waals surface area contributed by atoms with Crippen molar-refractivity contribution in [2.75, 3.05) is 0 Å². The molecule has 11 heavy (non-hydrogen) atoms. The third-order valence-electron chi connectivity index (χ3n) is 2.31. The zero-order valence-corrected chi connectivity index (χ0v) is 6.47. The molecule has 0 aromatic heterocycles. The Labute approximate surface area is 66.2 Å². The lowest BCUT2D eigenvalue weighted by atomic mass is 9.84. The topological polar surface area (TPSA) is 66.9 Å². The minimum atomic E-state index is -0.411. The molecule has 60 valence electrons. The molecule has 0 heterocycles. The quantitative estimate of drug-likeness (QED) is 0.640. The molecule has 3 heteroatoms. The van der Waals surface area contributed by atoms with Crippen LogP contribution in [0.25, 0.3) is 0 Å². The number of amides is 1. The van der Waals surface area contributed by atoms with E-state index in [-0.39, 0.29) is 12.3 Å². The minimum Gasteiger partial charge on any atom is -0.370 e. The van der Waals surface area contributed by atoms with Gasteiger partial charge in [0, 0.05) is 6.42 Å². The maximum Gasteiger partial charge on any atom is 0.219 e. The SMILES string of the molecule is N#CC1(CC(N)=O)CCCC1. The van der Waals surface area contributed by atoms with E-state index < -0.39 is 5.41 Å². The molecule has 1 saturated carbocycles. The van der Waals surface area contributed by atoms with Crippen LogP contribution >= 0.6 is 0 Å². The highest BCUT2D eigenvalue weighted by molar-refractivity contribution is 5.75. The fourth-order valence-electron chi connectivity index (χ4n) is 1.71. The Hall–Kier alpha value is -1.04. The first-order chi connectivity index (χ1) is 5.18.